The zero-order chi connectivity index (χ0) is 16.6. The number of pyridine rings is 1. The van der Waals surface area contributed by atoms with Gasteiger partial charge in [-0.15, -0.1) is 0 Å². The average Bonchev–Trinajstić information content (AvgIpc) is 3.34. The van der Waals surface area contributed by atoms with Crippen LogP contribution in [0.3, 0.4) is 0 Å². The number of nitrogens with two attached hydrogens (primary N) is 1. The highest BCUT2D eigenvalue weighted by molar-refractivity contribution is 6.04. The van der Waals surface area contributed by atoms with Gasteiger partial charge < -0.3 is 11.1 Å². The van der Waals surface area contributed by atoms with Gasteiger partial charge in [0.2, 0.25) is 0 Å². The van der Waals surface area contributed by atoms with Crippen molar-refractivity contribution in [2.45, 2.75) is 25.2 Å². The highest BCUT2D eigenvalue weighted by Gasteiger charge is 2.46. The molecule has 5 nitrogen and oxygen atoms in total. The van der Waals surface area contributed by atoms with E-state index >= 15 is 0 Å². The lowest BCUT2D eigenvalue weighted by molar-refractivity contribution is 0.102. The van der Waals surface area contributed by atoms with Crippen LogP contribution in [0.4, 0.5) is 15.8 Å². The monoisotopic (exact) mass is 310 g/mol. The molecule has 23 heavy (non-hydrogen) atoms. The van der Waals surface area contributed by atoms with Gasteiger partial charge in [-0.25, -0.2) is 4.39 Å². The number of hydrogen-bond donors (Lipinski definition) is 2. The van der Waals surface area contributed by atoms with Crippen LogP contribution in [0.2, 0.25) is 0 Å². The molecule has 0 atom stereocenters. The molecule has 0 saturated heterocycles. The highest BCUT2D eigenvalue weighted by Crippen LogP contribution is 2.46. The van der Waals surface area contributed by atoms with Gasteiger partial charge in [0.05, 0.1) is 17.2 Å². The van der Waals surface area contributed by atoms with Crippen LogP contribution < -0.4 is 11.1 Å². The first-order chi connectivity index (χ1) is 10.9. The number of rotatable bonds is 3. The van der Waals surface area contributed by atoms with Gasteiger partial charge in [-0.2, -0.15) is 5.26 Å². The Labute approximate surface area is 133 Å². The lowest BCUT2D eigenvalue weighted by atomic mass is 10.0. The van der Waals surface area contributed by atoms with Crippen LogP contribution in [0.1, 0.15) is 34.5 Å². The minimum atomic E-state index is -0.559. The summed E-state index contributed by atoms with van der Waals surface area (Å²) in [5.74, 6) is -0.873. The molecule has 1 aromatic heterocycles. The minimum Gasteiger partial charge on any atom is -0.398 e. The lowest BCUT2D eigenvalue weighted by Crippen LogP contribution is -2.15. The van der Waals surface area contributed by atoms with E-state index in [1.165, 1.54) is 18.3 Å². The summed E-state index contributed by atoms with van der Waals surface area (Å²) >= 11 is 0. The molecule has 1 saturated carbocycles. The van der Waals surface area contributed by atoms with Crippen molar-refractivity contribution in [1.29, 1.82) is 5.26 Å². The number of amides is 1. The van der Waals surface area contributed by atoms with Crippen molar-refractivity contribution in [3.05, 3.63) is 53.1 Å². The Hall–Kier alpha value is -2.94. The van der Waals surface area contributed by atoms with E-state index in [0.29, 0.717) is 16.8 Å². The lowest BCUT2D eigenvalue weighted by Gasteiger charge is -2.10. The Morgan fingerprint density at radius 1 is 1.43 bits per heavy atom. The third-order valence-corrected chi connectivity index (χ3v) is 4.12. The summed E-state index contributed by atoms with van der Waals surface area (Å²) in [6.07, 6.45) is 3.01. The van der Waals surface area contributed by atoms with E-state index in [4.69, 9.17) is 5.73 Å². The Morgan fingerprint density at radius 3 is 2.78 bits per heavy atom. The van der Waals surface area contributed by atoms with Crippen LogP contribution in [0.25, 0.3) is 0 Å². The SMILES string of the molecule is Cc1c(N)cc(NC(=O)c2ccnc(C3(C#N)CC3)c2)cc1F. The molecule has 2 aromatic rings. The standard InChI is InChI=1S/C17H15FN4O/c1-10-13(18)7-12(8-14(10)20)22-16(23)11-2-5-21-15(6-11)17(9-19)3-4-17/h2,5-8H,3-4,20H2,1H3,(H,22,23). The molecule has 1 amide bonds. The number of nitriles is 1. The summed E-state index contributed by atoms with van der Waals surface area (Å²) in [5, 5.41) is 11.8. The Balaban J connectivity index is 1.85. The Morgan fingerprint density at radius 2 is 2.17 bits per heavy atom. The first-order valence-electron chi connectivity index (χ1n) is 7.20. The highest BCUT2D eigenvalue weighted by atomic mass is 19.1. The fourth-order valence-corrected chi connectivity index (χ4v) is 2.36. The average molecular weight is 310 g/mol. The first-order valence-corrected chi connectivity index (χ1v) is 7.20. The van der Waals surface area contributed by atoms with Gasteiger partial charge in [-0.05, 0) is 44.0 Å². The fourth-order valence-electron chi connectivity index (χ4n) is 2.36. The number of benzene rings is 1. The largest absolute Gasteiger partial charge is 0.398 e. The predicted molar refractivity (Wildman–Crippen MR) is 84.3 cm³/mol. The molecular formula is C17H15FN4O. The quantitative estimate of drug-likeness (QED) is 0.853. The van der Waals surface area contributed by atoms with Gasteiger partial charge in [0, 0.05) is 28.7 Å². The van der Waals surface area contributed by atoms with Crippen molar-refractivity contribution in [3.8, 4) is 6.07 Å². The summed E-state index contributed by atoms with van der Waals surface area (Å²) in [5.41, 5.74) is 7.03. The minimum absolute atomic E-state index is 0.275. The Bertz CT molecular complexity index is 814. The van der Waals surface area contributed by atoms with Gasteiger partial charge >= 0.3 is 0 Å². The fraction of sp³-hybridized carbons (Fsp3) is 0.235. The molecular weight excluding hydrogens is 295 g/mol. The van der Waals surface area contributed by atoms with E-state index in [2.05, 4.69) is 16.4 Å². The van der Waals surface area contributed by atoms with Crippen LogP contribution in [0.5, 0.6) is 0 Å². The molecule has 0 radical (unpaired) electrons. The van der Waals surface area contributed by atoms with Crippen LogP contribution in [-0.4, -0.2) is 10.9 Å². The second kappa shape index (κ2) is 5.36. The van der Waals surface area contributed by atoms with Crippen LogP contribution in [0.15, 0.2) is 30.5 Å². The molecule has 116 valence electrons. The normalized spacial score (nSPS) is 14.8. The third kappa shape index (κ3) is 2.73. The van der Waals surface area contributed by atoms with Crippen molar-refractivity contribution in [2.24, 2.45) is 0 Å². The second-order valence-corrected chi connectivity index (χ2v) is 5.75. The summed E-state index contributed by atoms with van der Waals surface area (Å²) in [6.45, 7) is 1.57. The smallest absolute Gasteiger partial charge is 0.255 e. The van der Waals surface area contributed by atoms with E-state index in [1.807, 2.05) is 0 Å². The number of nitrogens with zero attached hydrogens (tertiary/aromatic N) is 2. The van der Waals surface area contributed by atoms with Crippen molar-refractivity contribution in [2.75, 3.05) is 11.1 Å². The number of hydrogen-bond acceptors (Lipinski definition) is 4. The summed E-state index contributed by atoms with van der Waals surface area (Å²) < 4.78 is 13.7. The van der Waals surface area contributed by atoms with E-state index in [-0.39, 0.29) is 11.4 Å². The van der Waals surface area contributed by atoms with Gasteiger partial charge in [-0.3, -0.25) is 9.78 Å². The van der Waals surface area contributed by atoms with E-state index in [0.717, 1.165) is 12.8 Å². The predicted octanol–water partition coefficient (Wildman–Crippen LogP) is 2.92. The molecule has 6 heteroatoms. The molecule has 0 bridgehead atoms. The number of anilines is 2. The molecule has 0 aliphatic heterocycles. The number of halogens is 1. The van der Waals surface area contributed by atoms with Crippen molar-refractivity contribution in [1.82, 2.24) is 4.98 Å². The zero-order valence-electron chi connectivity index (χ0n) is 12.6. The maximum absolute atomic E-state index is 13.7. The number of aromatic nitrogens is 1. The number of nitrogens with one attached hydrogen (secondary N) is 1. The van der Waals surface area contributed by atoms with Crippen LogP contribution in [-0.2, 0) is 5.41 Å². The second-order valence-electron chi connectivity index (χ2n) is 5.75. The topological polar surface area (TPSA) is 91.8 Å². The molecule has 1 aromatic carbocycles. The number of carbonyl (C=O) groups is 1. The Kier molecular flexibility index (Phi) is 3.49. The zero-order valence-corrected chi connectivity index (χ0v) is 12.6. The summed E-state index contributed by atoms with van der Waals surface area (Å²) in [6, 6.07) is 8.15. The van der Waals surface area contributed by atoms with E-state index in [1.54, 1.807) is 19.1 Å². The third-order valence-electron chi connectivity index (χ3n) is 4.12. The molecule has 0 unspecified atom stereocenters. The molecule has 1 aliphatic carbocycles. The maximum atomic E-state index is 13.7. The molecule has 1 aliphatic rings. The maximum Gasteiger partial charge on any atom is 0.255 e. The van der Waals surface area contributed by atoms with E-state index < -0.39 is 17.1 Å². The van der Waals surface area contributed by atoms with Gasteiger partial charge in [-0.1, -0.05) is 0 Å². The van der Waals surface area contributed by atoms with E-state index in [9.17, 15) is 14.4 Å². The van der Waals surface area contributed by atoms with Crippen LogP contribution in [0, 0.1) is 24.1 Å². The summed E-state index contributed by atoms with van der Waals surface area (Å²) in [7, 11) is 0. The number of carbonyl (C=O) groups excluding carboxylic acids is 1. The molecule has 1 fully saturated rings. The summed E-state index contributed by atoms with van der Waals surface area (Å²) in [4.78, 5) is 16.5. The van der Waals surface area contributed by atoms with Crippen molar-refractivity contribution < 1.29 is 9.18 Å². The van der Waals surface area contributed by atoms with Crippen molar-refractivity contribution in [3.63, 3.8) is 0 Å². The van der Waals surface area contributed by atoms with Crippen LogP contribution >= 0.6 is 0 Å². The van der Waals surface area contributed by atoms with Gasteiger partial charge in [0.1, 0.15) is 5.82 Å². The first kappa shape index (κ1) is 15.0. The van der Waals surface area contributed by atoms with Crippen molar-refractivity contribution >= 4 is 17.3 Å². The van der Waals surface area contributed by atoms with Gasteiger partial charge in [0.15, 0.2) is 0 Å². The molecule has 3 N–H and O–H groups in total. The van der Waals surface area contributed by atoms with Gasteiger partial charge in [0.25, 0.3) is 5.91 Å². The number of nitrogen functional groups attached to an aromatic ring is 1. The molecule has 1 heterocycles. The molecule has 0 spiro atoms. The molecule has 3 rings (SSSR count).